The molecule has 20 nitrogen and oxygen atoms in total. The lowest BCUT2D eigenvalue weighted by atomic mass is 9.86. The summed E-state index contributed by atoms with van der Waals surface area (Å²) in [6.45, 7) is 18.5. The molecule has 5 heterocycles. The van der Waals surface area contributed by atoms with Gasteiger partial charge >= 0.3 is 5.97 Å². The van der Waals surface area contributed by atoms with Crippen molar-refractivity contribution >= 4 is 46.7 Å². The van der Waals surface area contributed by atoms with E-state index in [4.69, 9.17) is 33.9 Å². The lowest BCUT2D eigenvalue weighted by Crippen LogP contribution is -2.41. The number of aliphatic hydroxyl groups excluding tert-OH is 1. The Hall–Kier alpha value is -6.58. The Morgan fingerprint density at radius 1 is 0.744 bits per heavy atom. The number of aliphatic carboxylic acids is 1. The summed E-state index contributed by atoms with van der Waals surface area (Å²) in [5.41, 5.74) is 13.0. The minimum atomic E-state index is -1.15. The number of hydrogen-bond donors (Lipinski definition) is 8. The largest absolute Gasteiger partial charge is 0.511 e. The van der Waals surface area contributed by atoms with Crippen molar-refractivity contribution in [1.82, 2.24) is 31.9 Å². The molecule has 0 spiro atoms. The van der Waals surface area contributed by atoms with Gasteiger partial charge in [-0.15, -0.1) is 0 Å². The van der Waals surface area contributed by atoms with E-state index in [9.17, 15) is 34.2 Å². The van der Waals surface area contributed by atoms with E-state index in [2.05, 4.69) is 59.3 Å². The van der Waals surface area contributed by atoms with Gasteiger partial charge in [-0.3, -0.25) is 19.2 Å². The summed E-state index contributed by atoms with van der Waals surface area (Å²) in [5, 5.41) is 39.3. The summed E-state index contributed by atoms with van der Waals surface area (Å²) in [6, 6.07) is -1.12. The number of carbonyl (C=O) groups is 5. The smallest absolute Gasteiger partial charge is 0.326 e. The van der Waals surface area contributed by atoms with Gasteiger partial charge in [0.05, 0.1) is 60.7 Å². The van der Waals surface area contributed by atoms with Crippen molar-refractivity contribution in [1.29, 1.82) is 0 Å². The highest BCUT2D eigenvalue weighted by Gasteiger charge is 2.41. The van der Waals surface area contributed by atoms with Gasteiger partial charge in [-0.05, 0) is 126 Å². The van der Waals surface area contributed by atoms with E-state index >= 15 is 0 Å². The monoisotopic (exact) mass is 1080 g/mol. The zero-order valence-corrected chi connectivity index (χ0v) is 46.4. The van der Waals surface area contributed by atoms with Crippen molar-refractivity contribution in [3.05, 3.63) is 104 Å². The highest BCUT2D eigenvalue weighted by atomic mass is 16.5. The number of ether oxygens (including phenoxy) is 4. The molecule has 0 saturated carbocycles. The third-order valence-electron chi connectivity index (χ3n) is 14.5. The second kappa shape index (κ2) is 30.5. The fraction of sp³-hybridized carbons (Fsp3) is 0.552. The van der Waals surface area contributed by atoms with Crippen molar-refractivity contribution in [2.75, 3.05) is 86.1 Å². The number of hydrogen-bond acceptors (Lipinski definition) is 15. The fourth-order valence-electron chi connectivity index (χ4n) is 10.1. The van der Waals surface area contributed by atoms with Crippen LogP contribution >= 0.6 is 0 Å². The summed E-state index contributed by atoms with van der Waals surface area (Å²) in [7, 11) is 1.86. The number of amides is 4. The predicted molar refractivity (Wildman–Crippen MR) is 300 cm³/mol. The van der Waals surface area contributed by atoms with Crippen LogP contribution in [0.3, 0.4) is 0 Å². The van der Waals surface area contributed by atoms with Crippen LogP contribution in [0.2, 0.25) is 0 Å². The van der Waals surface area contributed by atoms with Crippen LogP contribution in [-0.4, -0.2) is 149 Å². The number of nitrogens with one attached hydrogen (secondary N) is 6. The SMILES string of the molecule is C=CC1=C(C)C2=NC1=CC1=NC(=CC3=C(C)C4=C(O)CC(=C5NC(=C2)[C@@H](C)C5CCC(=O)NC(CCCCNC(=O)COCC(=O)NCCCOCCOCCOCCCNC(=O)CCCNC)C(=O)O)C4=N3)C(CC)=C1C. The first-order chi connectivity index (χ1) is 37.6. The van der Waals surface area contributed by atoms with Gasteiger partial charge in [0.2, 0.25) is 23.6 Å². The first-order valence-electron chi connectivity index (χ1n) is 27.5. The highest BCUT2D eigenvalue weighted by Crippen LogP contribution is 2.46. The molecular weight excluding hydrogens is 999 g/mol. The molecule has 0 aromatic rings. The molecule has 4 amide bonds. The molecule has 78 heavy (non-hydrogen) atoms. The molecule has 8 bridgehead atoms. The van der Waals surface area contributed by atoms with Gasteiger partial charge in [0.15, 0.2) is 0 Å². The Balaban J connectivity index is 0.882. The third kappa shape index (κ3) is 16.7. The van der Waals surface area contributed by atoms with Crippen molar-refractivity contribution in [2.24, 2.45) is 26.8 Å². The highest BCUT2D eigenvalue weighted by molar-refractivity contribution is 6.21. The van der Waals surface area contributed by atoms with Crippen LogP contribution in [0.4, 0.5) is 0 Å². The van der Waals surface area contributed by atoms with Gasteiger partial charge in [0.25, 0.3) is 0 Å². The normalized spacial score (nSPS) is 18.8. The van der Waals surface area contributed by atoms with Crippen LogP contribution in [0.1, 0.15) is 105 Å². The first kappa shape index (κ1) is 60.6. The molecule has 1 saturated heterocycles. The molecular formula is C58H81N9O11. The Kier molecular flexibility index (Phi) is 23.7. The van der Waals surface area contributed by atoms with E-state index in [0.717, 1.165) is 99.2 Å². The Labute approximate surface area is 458 Å². The predicted octanol–water partition coefficient (Wildman–Crippen LogP) is 5.56. The molecule has 2 unspecified atom stereocenters. The molecule has 3 atom stereocenters. The molecule has 1 fully saturated rings. The lowest BCUT2D eigenvalue weighted by Gasteiger charge is -2.19. The second-order valence-corrected chi connectivity index (χ2v) is 20.0. The zero-order chi connectivity index (χ0) is 56.1. The Morgan fingerprint density at radius 3 is 2.01 bits per heavy atom. The summed E-state index contributed by atoms with van der Waals surface area (Å²) >= 11 is 0. The number of rotatable bonds is 34. The van der Waals surface area contributed by atoms with Crippen LogP contribution in [0.5, 0.6) is 0 Å². The third-order valence-corrected chi connectivity index (χ3v) is 14.5. The summed E-state index contributed by atoms with van der Waals surface area (Å²) in [4.78, 5) is 77.4. The molecule has 424 valence electrons. The maximum atomic E-state index is 13.6. The van der Waals surface area contributed by atoms with Crippen molar-refractivity contribution < 1.29 is 53.1 Å². The topological polar surface area (TPSA) is 272 Å². The standard InChI is InChI=1S/C58H81N9O11/c1-8-39-35(3)44-30-46-37(5)41(56(66-46)42-29-50(68)55-38(6)47(67-57(42)55)32-49-40(9-2)36(4)45(64-49)31-48(39)63-44)17-18-52(70)65-43(58(73)74)15-10-11-20-61-53(71)33-78-34-54(72)62-22-14-24-76-26-28-77-27-25-75-23-13-21-60-51(69)16-12-19-59-7/h8,30-32,37,41,43,59,66,68H,1,9-29,33-34H2,2-7H3,(H,60,69)(H,61,71)(H,62,72)(H,65,70)(H,73,74)/t37-,41?,43?/m0/s1. The number of carbonyl (C=O) groups excluding carboxylic acids is 4. The lowest BCUT2D eigenvalue weighted by molar-refractivity contribution is -0.142. The molecule has 20 heteroatoms. The number of nitrogens with zero attached hydrogens (tertiary/aromatic N) is 3. The van der Waals surface area contributed by atoms with Gasteiger partial charge in [0.1, 0.15) is 25.0 Å². The van der Waals surface area contributed by atoms with Gasteiger partial charge in [-0.2, -0.15) is 0 Å². The van der Waals surface area contributed by atoms with Crippen molar-refractivity contribution in [2.45, 2.75) is 111 Å². The fourth-order valence-corrected chi connectivity index (χ4v) is 10.1. The molecule has 6 rings (SSSR count). The van der Waals surface area contributed by atoms with Crippen LogP contribution in [0, 0.1) is 11.8 Å². The number of aliphatic imine (C=N–C) groups is 3. The minimum Gasteiger partial charge on any atom is -0.511 e. The molecule has 0 radical (unpaired) electrons. The van der Waals surface area contributed by atoms with Crippen LogP contribution in [0.15, 0.2) is 119 Å². The van der Waals surface area contributed by atoms with E-state index in [1.165, 1.54) is 0 Å². The van der Waals surface area contributed by atoms with E-state index in [0.29, 0.717) is 96.1 Å². The molecule has 8 N–H and O–H groups in total. The van der Waals surface area contributed by atoms with Gasteiger partial charge in [0, 0.05) is 92.1 Å². The number of carboxylic acids is 1. The maximum Gasteiger partial charge on any atom is 0.326 e. The van der Waals surface area contributed by atoms with Crippen molar-refractivity contribution in [3.8, 4) is 0 Å². The first-order valence-corrected chi connectivity index (χ1v) is 27.5. The van der Waals surface area contributed by atoms with Crippen LogP contribution in [-0.2, 0) is 42.9 Å². The molecule has 5 aliphatic heterocycles. The molecule has 0 aromatic heterocycles. The maximum absolute atomic E-state index is 13.6. The number of fused-ring (bicyclic) bond motifs is 5. The van der Waals surface area contributed by atoms with Crippen LogP contribution < -0.4 is 31.9 Å². The number of unbranched alkanes of at least 4 members (excludes halogenated alkanes) is 1. The summed E-state index contributed by atoms with van der Waals surface area (Å²) in [6.07, 6.45) is 13.1. The molecule has 0 aromatic carbocycles. The van der Waals surface area contributed by atoms with E-state index in [1.54, 1.807) is 0 Å². The average Bonchev–Trinajstić information content (AvgIpc) is 4.21. The summed E-state index contributed by atoms with van der Waals surface area (Å²) < 4.78 is 21.8. The molecule has 1 aliphatic carbocycles. The quantitative estimate of drug-likeness (QED) is 0.0368. The second-order valence-electron chi connectivity index (χ2n) is 20.0. The van der Waals surface area contributed by atoms with Gasteiger partial charge in [-0.1, -0.05) is 26.5 Å². The average molecular weight is 1080 g/mol. The van der Waals surface area contributed by atoms with Gasteiger partial charge < -0.3 is 61.1 Å². The van der Waals surface area contributed by atoms with E-state index in [1.807, 2.05) is 45.2 Å². The van der Waals surface area contributed by atoms with Crippen molar-refractivity contribution in [3.63, 3.8) is 0 Å². The number of allylic oxidation sites excluding steroid dienone is 12. The number of carboxylic acid groups (broad SMARTS) is 1. The number of aliphatic hydroxyl groups is 1. The van der Waals surface area contributed by atoms with E-state index < -0.39 is 23.8 Å². The summed E-state index contributed by atoms with van der Waals surface area (Å²) in [5.74, 6) is -2.32. The Morgan fingerprint density at radius 2 is 1.37 bits per heavy atom. The minimum absolute atomic E-state index is 0.0520. The van der Waals surface area contributed by atoms with Gasteiger partial charge in [-0.25, -0.2) is 19.8 Å². The zero-order valence-electron chi connectivity index (χ0n) is 46.4. The molecule has 6 aliphatic rings. The van der Waals surface area contributed by atoms with E-state index in [-0.39, 0.29) is 68.4 Å². The van der Waals surface area contributed by atoms with Crippen LogP contribution in [0.25, 0.3) is 0 Å². The Bertz CT molecular complexity index is 2650.